The van der Waals surface area contributed by atoms with Crippen molar-refractivity contribution in [2.45, 2.75) is 13.5 Å². The Bertz CT molecular complexity index is 870. The summed E-state index contributed by atoms with van der Waals surface area (Å²) in [5.41, 5.74) is 0.195. The lowest BCUT2D eigenvalue weighted by Gasteiger charge is -2.13. The van der Waals surface area contributed by atoms with Gasteiger partial charge in [0.1, 0.15) is 0 Å². The number of carbonyl (C=O) groups is 1. The molecular weight excluding hydrogens is 294 g/mol. The molecule has 3 rings (SSSR count). The summed E-state index contributed by atoms with van der Waals surface area (Å²) in [4.78, 5) is 34.9. The maximum absolute atomic E-state index is 12.2. The quantitative estimate of drug-likeness (QED) is 0.740. The van der Waals surface area contributed by atoms with Crippen molar-refractivity contribution in [2.75, 3.05) is 6.54 Å². The van der Waals surface area contributed by atoms with Gasteiger partial charge in [0.15, 0.2) is 5.82 Å². The number of hydrogen-bond acceptors (Lipinski definition) is 4. The molecule has 1 atom stereocenters. The molecular formula is C16H17N5O2. The number of H-pyrrole nitrogens is 1. The number of nitrogens with zero attached hydrogens (tertiary/aromatic N) is 3. The van der Waals surface area contributed by atoms with E-state index in [1.807, 2.05) is 17.7 Å². The molecule has 0 aliphatic heterocycles. The summed E-state index contributed by atoms with van der Waals surface area (Å²) in [7, 11) is 0. The van der Waals surface area contributed by atoms with E-state index in [-0.39, 0.29) is 23.2 Å². The van der Waals surface area contributed by atoms with E-state index in [1.165, 1.54) is 0 Å². The van der Waals surface area contributed by atoms with Crippen molar-refractivity contribution in [1.29, 1.82) is 0 Å². The van der Waals surface area contributed by atoms with Crippen LogP contribution in [-0.4, -0.2) is 32.0 Å². The Balaban J connectivity index is 1.67. The Morgan fingerprint density at radius 1 is 1.39 bits per heavy atom. The molecule has 3 aromatic rings. The molecule has 0 saturated heterocycles. The van der Waals surface area contributed by atoms with Crippen LogP contribution in [0.5, 0.6) is 0 Å². The highest BCUT2D eigenvalue weighted by Crippen LogP contribution is 2.06. The van der Waals surface area contributed by atoms with Crippen molar-refractivity contribution in [2.24, 2.45) is 5.92 Å². The highest BCUT2D eigenvalue weighted by molar-refractivity contribution is 5.92. The van der Waals surface area contributed by atoms with Gasteiger partial charge in [0.25, 0.3) is 11.5 Å². The van der Waals surface area contributed by atoms with Gasteiger partial charge < -0.3 is 14.9 Å². The summed E-state index contributed by atoms with van der Waals surface area (Å²) in [6.07, 6.45) is 5.33. The average Bonchev–Trinajstić information content (AvgIpc) is 3.05. The molecule has 0 spiro atoms. The van der Waals surface area contributed by atoms with Crippen LogP contribution in [0.15, 0.2) is 47.8 Å². The second kappa shape index (κ2) is 6.43. The SMILES string of the molecule is CC(CNC(=O)c1nc2ccccc2c(=O)[nH]1)Cn1ccnc1. The van der Waals surface area contributed by atoms with Gasteiger partial charge in [0.2, 0.25) is 0 Å². The highest BCUT2D eigenvalue weighted by Gasteiger charge is 2.12. The van der Waals surface area contributed by atoms with Gasteiger partial charge >= 0.3 is 0 Å². The van der Waals surface area contributed by atoms with Gasteiger partial charge in [0, 0.05) is 25.5 Å². The van der Waals surface area contributed by atoms with Crippen LogP contribution in [0, 0.1) is 5.92 Å². The van der Waals surface area contributed by atoms with Crippen LogP contribution in [0.1, 0.15) is 17.5 Å². The average molecular weight is 311 g/mol. The Hall–Kier alpha value is -2.96. The lowest BCUT2D eigenvalue weighted by atomic mass is 10.2. The number of aromatic nitrogens is 4. The fourth-order valence-electron chi connectivity index (χ4n) is 2.36. The zero-order chi connectivity index (χ0) is 16.2. The van der Waals surface area contributed by atoms with Crippen molar-refractivity contribution in [1.82, 2.24) is 24.8 Å². The van der Waals surface area contributed by atoms with Crippen LogP contribution >= 0.6 is 0 Å². The van der Waals surface area contributed by atoms with Gasteiger partial charge in [0.05, 0.1) is 17.2 Å². The summed E-state index contributed by atoms with van der Waals surface area (Å²) >= 11 is 0. The predicted octanol–water partition coefficient (Wildman–Crippen LogP) is 1.19. The van der Waals surface area contributed by atoms with Gasteiger partial charge in [-0.2, -0.15) is 0 Å². The van der Waals surface area contributed by atoms with E-state index in [9.17, 15) is 9.59 Å². The van der Waals surface area contributed by atoms with E-state index in [2.05, 4.69) is 20.3 Å². The first-order valence-corrected chi connectivity index (χ1v) is 7.36. The number of hydrogen-bond donors (Lipinski definition) is 2. The molecule has 118 valence electrons. The van der Waals surface area contributed by atoms with Crippen molar-refractivity contribution in [3.05, 3.63) is 59.2 Å². The van der Waals surface area contributed by atoms with Crippen molar-refractivity contribution in [3.8, 4) is 0 Å². The highest BCUT2D eigenvalue weighted by atomic mass is 16.2. The first-order chi connectivity index (χ1) is 11.1. The summed E-state index contributed by atoms with van der Waals surface area (Å²) < 4.78 is 1.95. The summed E-state index contributed by atoms with van der Waals surface area (Å²) in [6, 6.07) is 6.93. The molecule has 7 heteroatoms. The number of benzene rings is 1. The number of amides is 1. The third-order valence-corrected chi connectivity index (χ3v) is 3.52. The Morgan fingerprint density at radius 2 is 2.22 bits per heavy atom. The zero-order valence-corrected chi connectivity index (χ0v) is 12.7. The second-order valence-electron chi connectivity index (χ2n) is 5.51. The Morgan fingerprint density at radius 3 is 3.00 bits per heavy atom. The first-order valence-electron chi connectivity index (χ1n) is 7.36. The first kappa shape index (κ1) is 15.0. The molecule has 0 bridgehead atoms. The monoisotopic (exact) mass is 311 g/mol. The normalized spacial score (nSPS) is 12.2. The molecule has 0 aliphatic carbocycles. The van der Waals surface area contributed by atoms with Gasteiger partial charge in [-0.3, -0.25) is 9.59 Å². The molecule has 7 nitrogen and oxygen atoms in total. The maximum atomic E-state index is 12.2. The molecule has 0 radical (unpaired) electrons. The zero-order valence-electron chi connectivity index (χ0n) is 12.7. The van der Waals surface area contributed by atoms with Crippen LogP contribution in [0.2, 0.25) is 0 Å². The third kappa shape index (κ3) is 3.45. The fraction of sp³-hybridized carbons (Fsp3) is 0.250. The lowest BCUT2D eigenvalue weighted by Crippen LogP contribution is -2.32. The van der Waals surface area contributed by atoms with Crippen LogP contribution in [0.4, 0.5) is 0 Å². The van der Waals surface area contributed by atoms with Crippen molar-refractivity contribution >= 4 is 16.8 Å². The van der Waals surface area contributed by atoms with Crippen molar-refractivity contribution < 1.29 is 4.79 Å². The van der Waals surface area contributed by atoms with Gasteiger partial charge in [-0.05, 0) is 18.1 Å². The molecule has 1 aromatic carbocycles. The summed E-state index contributed by atoms with van der Waals surface area (Å²) in [5.74, 6) is -0.130. The maximum Gasteiger partial charge on any atom is 0.287 e. The largest absolute Gasteiger partial charge is 0.349 e. The number of fused-ring (bicyclic) bond motifs is 1. The van der Waals surface area contributed by atoms with Crippen LogP contribution in [0.25, 0.3) is 10.9 Å². The van der Waals surface area contributed by atoms with E-state index in [0.29, 0.717) is 17.4 Å². The third-order valence-electron chi connectivity index (χ3n) is 3.52. The molecule has 1 unspecified atom stereocenters. The number of carbonyl (C=O) groups excluding carboxylic acids is 1. The molecule has 0 saturated carbocycles. The standard InChI is InChI=1S/C16H17N5O2/c1-11(9-21-7-6-17-10-21)8-18-16(23)14-19-13-5-3-2-4-12(13)15(22)20-14/h2-7,10-11H,8-9H2,1H3,(H,18,23)(H,19,20,22). The van der Waals surface area contributed by atoms with Gasteiger partial charge in [-0.1, -0.05) is 19.1 Å². The number of rotatable bonds is 5. The molecule has 1 amide bonds. The Kier molecular flexibility index (Phi) is 4.18. The topological polar surface area (TPSA) is 92.7 Å². The lowest BCUT2D eigenvalue weighted by molar-refractivity contribution is 0.0936. The van der Waals surface area contributed by atoms with Gasteiger partial charge in [-0.15, -0.1) is 0 Å². The number of para-hydroxylation sites is 1. The van der Waals surface area contributed by atoms with E-state index in [4.69, 9.17) is 0 Å². The summed E-state index contributed by atoms with van der Waals surface area (Å²) in [6.45, 7) is 3.26. The van der Waals surface area contributed by atoms with Crippen LogP contribution in [-0.2, 0) is 6.54 Å². The smallest absolute Gasteiger partial charge is 0.287 e. The van der Waals surface area contributed by atoms with E-state index in [1.54, 1.807) is 36.8 Å². The Labute approximate surface area is 132 Å². The van der Waals surface area contributed by atoms with Crippen molar-refractivity contribution in [3.63, 3.8) is 0 Å². The van der Waals surface area contributed by atoms with E-state index < -0.39 is 0 Å². The molecule has 2 N–H and O–H groups in total. The number of imidazole rings is 1. The minimum absolute atomic E-state index is 0.0310. The predicted molar refractivity (Wildman–Crippen MR) is 86.1 cm³/mol. The molecule has 2 heterocycles. The van der Waals surface area contributed by atoms with Gasteiger partial charge in [-0.25, -0.2) is 9.97 Å². The second-order valence-corrected chi connectivity index (χ2v) is 5.51. The van der Waals surface area contributed by atoms with E-state index >= 15 is 0 Å². The minimum Gasteiger partial charge on any atom is -0.349 e. The molecule has 0 aliphatic rings. The minimum atomic E-state index is -0.384. The van der Waals surface area contributed by atoms with Crippen LogP contribution < -0.4 is 10.9 Å². The molecule has 0 fully saturated rings. The molecule has 23 heavy (non-hydrogen) atoms. The van der Waals surface area contributed by atoms with E-state index in [0.717, 1.165) is 6.54 Å². The summed E-state index contributed by atoms with van der Waals surface area (Å²) in [5, 5.41) is 3.27. The number of nitrogens with one attached hydrogen (secondary N) is 2. The molecule has 2 aromatic heterocycles. The fourth-order valence-corrected chi connectivity index (χ4v) is 2.36. The number of aromatic amines is 1. The van der Waals surface area contributed by atoms with Crippen LogP contribution in [0.3, 0.4) is 0 Å².